The molecular weight excluding hydrogens is 334 g/mol. The van der Waals surface area contributed by atoms with Crippen molar-refractivity contribution in [3.8, 4) is 0 Å². The van der Waals surface area contributed by atoms with Crippen LogP contribution in [-0.2, 0) is 12.8 Å². The molecule has 0 spiro atoms. The molecular formula is C23H31N3O. The zero-order chi connectivity index (χ0) is 19.1. The van der Waals surface area contributed by atoms with Crippen molar-refractivity contribution >= 4 is 6.03 Å². The molecule has 2 unspecified atom stereocenters. The molecule has 2 aromatic rings. The second-order valence-electron chi connectivity index (χ2n) is 7.60. The van der Waals surface area contributed by atoms with Crippen LogP contribution in [0.4, 0.5) is 4.79 Å². The third kappa shape index (κ3) is 5.83. The highest BCUT2D eigenvalue weighted by atomic mass is 16.2. The molecule has 144 valence electrons. The Balaban J connectivity index is 1.42. The molecule has 1 saturated heterocycles. The number of carbonyl (C=O) groups is 1. The zero-order valence-corrected chi connectivity index (χ0v) is 16.5. The van der Waals surface area contributed by atoms with Crippen LogP contribution < -0.4 is 5.32 Å². The smallest absolute Gasteiger partial charge is 0.317 e. The molecule has 0 bridgehead atoms. The Morgan fingerprint density at radius 3 is 1.93 bits per heavy atom. The summed E-state index contributed by atoms with van der Waals surface area (Å²) < 4.78 is 0. The van der Waals surface area contributed by atoms with Gasteiger partial charge in [0.25, 0.3) is 0 Å². The number of hydrogen-bond acceptors (Lipinski definition) is 2. The first-order valence-electron chi connectivity index (χ1n) is 9.99. The largest absolute Gasteiger partial charge is 0.335 e. The third-order valence-corrected chi connectivity index (χ3v) is 5.35. The van der Waals surface area contributed by atoms with Crippen LogP contribution in [0.15, 0.2) is 60.7 Å². The first-order chi connectivity index (χ1) is 13.1. The molecule has 1 aliphatic heterocycles. The average Bonchev–Trinajstić information content (AvgIpc) is 2.69. The minimum absolute atomic E-state index is 0.0637. The number of rotatable bonds is 6. The average molecular weight is 366 g/mol. The van der Waals surface area contributed by atoms with E-state index in [1.54, 1.807) is 0 Å². The van der Waals surface area contributed by atoms with Gasteiger partial charge in [-0.05, 0) is 37.8 Å². The summed E-state index contributed by atoms with van der Waals surface area (Å²) in [6.45, 7) is 7.82. The Hall–Kier alpha value is -2.33. The van der Waals surface area contributed by atoms with E-state index in [0.717, 1.165) is 39.0 Å². The first-order valence-corrected chi connectivity index (χ1v) is 9.99. The highest BCUT2D eigenvalue weighted by molar-refractivity contribution is 5.74. The highest BCUT2D eigenvalue weighted by Gasteiger charge is 2.24. The van der Waals surface area contributed by atoms with Crippen molar-refractivity contribution in [1.29, 1.82) is 0 Å². The third-order valence-electron chi connectivity index (χ3n) is 5.35. The predicted molar refractivity (Wildman–Crippen MR) is 111 cm³/mol. The maximum Gasteiger partial charge on any atom is 0.317 e. The Bertz CT molecular complexity index is 696. The molecule has 2 aromatic carbocycles. The van der Waals surface area contributed by atoms with Crippen LogP contribution in [0.3, 0.4) is 0 Å². The van der Waals surface area contributed by atoms with E-state index < -0.39 is 0 Å². The van der Waals surface area contributed by atoms with E-state index in [9.17, 15) is 4.79 Å². The van der Waals surface area contributed by atoms with Crippen LogP contribution in [0, 0.1) is 0 Å². The van der Waals surface area contributed by atoms with Gasteiger partial charge in [-0.2, -0.15) is 0 Å². The number of nitrogens with zero attached hydrogens (tertiary/aromatic N) is 2. The Kier molecular flexibility index (Phi) is 6.88. The molecule has 3 rings (SSSR count). The van der Waals surface area contributed by atoms with E-state index in [1.165, 1.54) is 11.1 Å². The summed E-state index contributed by atoms with van der Waals surface area (Å²) in [5.74, 6) is 0. The number of hydrogen-bond donors (Lipinski definition) is 1. The lowest BCUT2D eigenvalue weighted by Crippen LogP contribution is -2.55. The molecule has 1 aliphatic rings. The molecule has 4 heteroatoms. The molecule has 0 radical (unpaired) electrons. The van der Waals surface area contributed by atoms with Crippen molar-refractivity contribution in [1.82, 2.24) is 15.1 Å². The van der Waals surface area contributed by atoms with Crippen molar-refractivity contribution in [3.63, 3.8) is 0 Å². The maximum absolute atomic E-state index is 12.6. The maximum atomic E-state index is 12.6. The molecule has 0 saturated carbocycles. The van der Waals surface area contributed by atoms with E-state index in [0.29, 0.717) is 6.04 Å². The Morgan fingerprint density at radius 2 is 1.37 bits per heavy atom. The van der Waals surface area contributed by atoms with E-state index in [1.807, 2.05) is 23.1 Å². The molecule has 0 aliphatic carbocycles. The number of piperazine rings is 1. The lowest BCUT2D eigenvalue weighted by Gasteiger charge is -2.38. The fourth-order valence-electron chi connectivity index (χ4n) is 3.77. The number of urea groups is 1. The number of benzene rings is 2. The van der Waals surface area contributed by atoms with Crippen molar-refractivity contribution in [2.75, 3.05) is 26.2 Å². The summed E-state index contributed by atoms with van der Waals surface area (Å²) in [7, 11) is 0. The summed E-state index contributed by atoms with van der Waals surface area (Å²) in [5.41, 5.74) is 2.63. The van der Waals surface area contributed by atoms with Crippen LogP contribution in [-0.4, -0.2) is 54.1 Å². The van der Waals surface area contributed by atoms with Gasteiger partial charge in [-0.3, -0.25) is 4.90 Å². The predicted octanol–water partition coefficient (Wildman–Crippen LogP) is 3.58. The summed E-state index contributed by atoms with van der Waals surface area (Å²) in [5, 5.41) is 3.15. The fourth-order valence-corrected chi connectivity index (χ4v) is 3.77. The van der Waals surface area contributed by atoms with Crippen LogP contribution >= 0.6 is 0 Å². The minimum Gasteiger partial charge on any atom is -0.335 e. The second kappa shape index (κ2) is 9.56. The van der Waals surface area contributed by atoms with Gasteiger partial charge in [0.2, 0.25) is 0 Å². The topological polar surface area (TPSA) is 35.6 Å². The van der Waals surface area contributed by atoms with Gasteiger partial charge in [0.1, 0.15) is 0 Å². The normalized spacial score (nSPS) is 17.3. The molecule has 4 nitrogen and oxygen atoms in total. The number of amides is 2. The van der Waals surface area contributed by atoms with E-state index in [-0.39, 0.29) is 12.1 Å². The van der Waals surface area contributed by atoms with Gasteiger partial charge in [-0.1, -0.05) is 60.7 Å². The summed E-state index contributed by atoms with van der Waals surface area (Å²) in [4.78, 5) is 17.0. The molecule has 1 fully saturated rings. The first kappa shape index (κ1) is 19.4. The number of carbonyl (C=O) groups excluding carboxylic acids is 1. The fraction of sp³-hybridized carbons (Fsp3) is 0.435. The lowest BCUT2D eigenvalue weighted by atomic mass is 10.1. The summed E-state index contributed by atoms with van der Waals surface area (Å²) >= 11 is 0. The van der Waals surface area contributed by atoms with Crippen LogP contribution in [0.2, 0.25) is 0 Å². The van der Waals surface area contributed by atoms with Crippen LogP contribution in [0.25, 0.3) is 0 Å². The molecule has 0 aromatic heterocycles. The van der Waals surface area contributed by atoms with Crippen molar-refractivity contribution in [3.05, 3.63) is 71.8 Å². The second-order valence-corrected chi connectivity index (χ2v) is 7.60. The van der Waals surface area contributed by atoms with E-state index in [2.05, 4.69) is 66.5 Å². The lowest BCUT2D eigenvalue weighted by molar-refractivity contribution is 0.112. The van der Waals surface area contributed by atoms with Gasteiger partial charge < -0.3 is 10.2 Å². The van der Waals surface area contributed by atoms with Gasteiger partial charge in [0.15, 0.2) is 0 Å². The SMILES string of the molecule is CC(Cc1ccccc1)NC(=O)N1CCN(C(C)Cc2ccccc2)CC1. The molecule has 1 N–H and O–H groups in total. The summed E-state index contributed by atoms with van der Waals surface area (Å²) in [6.07, 6.45) is 1.92. The summed E-state index contributed by atoms with van der Waals surface area (Å²) in [6, 6.07) is 21.6. The van der Waals surface area contributed by atoms with E-state index >= 15 is 0 Å². The van der Waals surface area contributed by atoms with Crippen molar-refractivity contribution in [2.24, 2.45) is 0 Å². The standard InChI is InChI=1S/C23H31N3O/c1-19(17-21-9-5-3-6-10-21)24-23(27)26-15-13-25(14-16-26)20(2)18-22-11-7-4-8-12-22/h3-12,19-20H,13-18H2,1-2H3,(H,24,27). The Labute approximate surface area is 163 Å². The molecule has 2 amide bonds. The Morgan fingerprint density at radius 1 is 0.852 bits per heavy atom. The number of nitrogens with one attached hydrogen (secondary N) is 1. The molecule has 2 atom stereocenters. The molecule has 1 heterocycles. The minimum atomic E-state index is 0.0637. The van der Waals surface area contributed by atoms with Gasteiger partial charge in [0.05, 0.1) is 0 Å². The van der Waals surface area contributed by atoms with E-state index in [4.69, 9.17) is 0 Å². The van der Waals surface area contributed by atoms with Gasteiger partial charge >= 0.3 is 6.03 Å². The highest BCUT2D eigenvalue weighted by Crippen LogP contribution is 2.12. The van der Waals surface area contributed by atoms with Gasteiger partial charge in [-0.15, -0.1) is 0 Å². The van der Waals surface area contributed by atoms with Gasteiger partial charge in [-0.25, -0.2) is 4.79 Å². The zero-order valence-electron chi connectivity index (χ0n) is 16.5. The van der Waals surface area contributed by atoms with Crippen LogP contribution in [0.5, 0.6) is 0 Å². The van der Waals surface area contributed by atoms with Crippen molar-refractivity contribution in [2.45, 2.75) is 38.8 Å². The molecule has 27 heavy (non-hydrogen) atoms. The van der Waals surface area contributed by atoms with Crippen LogP contribution in [0.1, 0.15) is 25.0 Å². The quantitative estimate of drug-likeness (QED) is 0.849. The monoisotopic (exact) mass is 365 g/mol. The van der Waals surface area contributed by atoms with Crippen molar-refractivity contribution < 1.29 is 4.79 Å². The van der Waals surface area contributed by atoms with Gasteiger partial charge in [0, 0.05) is 38.3 Å².